The molecule has 0 aromatic rings. The molecule has 2 rings (SSSR count). The van der Waals surface area contributed by atoms with Gasteiger partial charge in [-0.15, -0.1) is 0 Å². The Bertz CT molecular complexity index is 176. The topological polar surface area (TPSA) is 35.5 Å². The maximum atomic E-state index is 8.88. The van der Waals surface area contributed by atoms with E-state index in [2.05, 4.69) is 10.2 Å². The first kappa shape index (κ1) is 11.4. The van der Waals surface area contributed by atoms with Crippen molar-refractivity contribution in [2.75, 3.05) is 32.8 Å². The molecular weight excluding hydrogens is 188 g/mol. The summed E-state index contributed by atoms with van der Waals surface area (Å²) in [7, 11) is 0. The van der Waals surface area contributed by atoms with Crippen molar-refractivity contribution in [2.24, 2.45) is 5.92 Å². The van der Waals surface area contributed by atoms with E-state index in [1.807, 2.05) is 0 Å². The molecule has 1 unspecified atom stereocenters. The van der Waals surface area contributed by atoms with Gasteiger partial charge >= 0.3 is 0 Å². The largest absolute Gasteiger partial charge is 0.396 e. The predicted octanol–water partition coefficient (Wildman–Crippen LogP) is 0.833. The third-order valence-corrected chi connectivity index (χ3v) is 3.56. The molecule has 1 aliphatic heterocycles. The second-order valence-corrected chi connectivity index (χ2v) is 5.02. The maximum absolute atomic E-state index is 8.88. The van der Waals surface area contributed by atoms with E-state index in [-0.39, 0.29) is 0 Å². The fourth-order valence-corrected chi connectivity index (χ4v) is 2.55. The van der Waals surface area contributed by atoms with Crippen LogP contribution in [-0.2, 0) is 0 Å². The van der Waals surface area contributed by atoms with Crippen LogP contribution in [0.1, 0.15) is 32.1 Å². The van der Waals surface area contributed by atoms with Crippen molar-refractivity contribution in [2.45, 2.75) is 38.1 Å². The van der Waals surface area contributed by atoms with Crippen molar-refractivity contribution < 1.29 is 5.11 Å². The number of nitrogens with one attached hydrogen (secondary N) is 1. The van der Waals surface area contributed by atoms with E-state index in [9.17, 15) is 0 Å². The van der Waals surface area contributed by atoms with E-state index >= 15 is 0 Å². The molecule has 2 N–H and O–H groups in total. The molecule has 1 saturated carbocycles. The van der Waals surface area contributed by atoms with Gasteiger partial charge in [0.15, 0.2) is 0 Å². The lowest BCUT2D eigenvalue weighted by atomic mass is 9.99. The summed E-state index contributed by atoms with van der Waals surface area (Å²) in [5, 5.41) is 12.4. The molecule has 15 heavy (non-hydrogen) atoms. The van der Waals surface area contributed by atoms with Crippen molar-refractivity contribution in [3.63, 3.8) is 0 Å². The highest BCUT2D eigenvalue weighted by molar-refractivity contribution is 4.86. The monoisotopic (exact) mass is 212 g/mol. The molecule has 88 valence electrons. The Morgan fingerprint density at radius 2 is 2.13 bits per heavy atom. The molecule has 1 atom stereocenters. The molecule has 1 aliphatic carbocycles. The predicted molar refractivity (Wildman–Crippen MR) is 61.9 cm³/mol. The Kier molecular flexibility index (Phi) is 4.42. The zero-order chi connectivity index (χ0) is 10.5. The summed E-state index contributed by atoms with van der Waals surface area (Å²) in [5.74, 6) is 0.845. The van der Waals surface area contributed by atoms with Crippen LogP contribution in [0.5, 0.6) is 0 Å². The van der Waals surface area contributed by atoms with Gasteiger partial charge < -0.3 is 10.4 Å². The maximum Gasteiger partial charge on any atom is 0.0443 e. The molecule has 0 spiro atoms. The van der Waals surface area contributed by atoms with Crippen LogP contribution in [0.4, 0.5) is 0 Å². The number of piperidine rings is 1. The highest BCUT2D eigenvalue weighted by Gasteiger charge is 2.30. The summed E-state index contributed by atoms with van der Waals surface area (Å²) in [6, 6.07) is 0.846. The van der Waals surface area contributed by atoms with E-state index < -0.39 is 0 Å². The molecule has 3 heteroatoms. The Hall–Kier alpha value is -0.120. The van der Waals surface area contributed by atoms with Gasteiger partial charge in [-0.05, 0) is 51.1 Å². The van der Waals surface area contributed by atoms with Crippen molar-refractivity contribution in [1.82, 2.24) is 10.2 Å². The molecule has 3 nitrogen and oxygen atoms in total. The molecule has 2 fully saturated rings. The van der Waals surface area contributed by atoms with Gasteiger partial charge in [0, 0.05) is 25.7 Å². The first-order valence-corrected chi connectivity index (χ1v) is 6.46. The van der Waals surface area contributed by atoms with Crippen molar-refractivity contribution in [3.05, 3.63) is 0 Å². The van der Waals surface area contributed by atoms with E-state index in [0.717, 1.165) is 24.9 Å². The first-order valence-electron chi connectivity index (χ1n) is 6.46. The van der Waals surface area contributed by atoms with Gasteiger partial charge in [0.05, 0.1) is 0 Å². The number of hydrogen-bond donors (Lipinski definition) is 2. The van der Waals surface area contributed by atoms with Crippen LogP contribution in [0, 0.1) is 5.92 Å². The van der Waals surface area contributed by atoms with Gasteiger partial charge in [-0.3, -0.25) is 4.90 Å². The Morgan fingerprint density at radius 3 is 2.73 bits per heavy atom. The van der Waals surface area contributed by atoms with E-state index in [4.69, 9.17) is 5.11 Å². The van der Waals surface area contributed by atoms with Gasteiger partial charge in [-0.25, -0.2) is 0 Å². The molecule has 1 heterocycles. The van der Waals surface area contributed by atoms with E-state index in [1.165, 1.54) is 45.3 Å². The van der Waals surface area contributed by atoms with Gasteiger partial charge in [-0.1, -0.05) is 0 Å². The Labute approximate surface area is 92.8 Å². The second-order valence-electron chi connectivity index (χ2n) is 5.02. The second kappa shape index (κ2) is 5.83. The molecule has 0 aromatic heterocycles. The molecule has 0 radical (unpaired) electrons. The average molecular weight is 212 g/mol. The van der Waals surface area contributed by atoms with Crippen LogP contribution in [0.3, 0.4) is 0 Å². The SMILES string of the molecule is OCCCN(CC1CCCNC1)C1CC1. The number of hydrogen-bond acceptors (Lipinski definition) is 3. The third-order valence-electron chi connectivity index (χ3n) is 3.56. The van der Waals surface area contributed by atoms with Gasteiger partial charge in [0.2, 0.25) is 0 Å². The minimum absolute atomic E-state index is 0.339. The van der Waals surface area contributed by atoms with Crippen molar-refractivity contribution in [3.8, 4) is 0 Å². The zero-order valence-corrected chi connectivity index (χ0v) is 9.62. The van der Waals surface area contributed by atoms with Crippen LogP contribution in [0.25, 0.3) is 0 Å². The van der Waals surface area contributed by atoms with E-state index in [0.29, 0.717) is 6.61 Å². The first-order chi connectivity index (χ1) is 7.40. The number of aliphatic hydroxyl groups excluding tert-OH is 1. The lowest BCUT2D eigenvalue weighted by molar-refractivity contribution is 0.179. The highest BCUT2D eigenvalue weighted by atomic mass is 16.3. The minimum atomic E-state index is 0.339. The molecule has 0 aromatic carbocycles. The Morgan fingerprint density at radius 1 is 1.27 bits per heavy atom. The summed E-state index contributed by atoms with van der Waals surface area (Å²) in [4.78, 5) is 2.61. The van der Waals surface area contributed by atoms with Crippen LogP contribution < -0.4 is 5.32 Å². The summed E-state index contributed by atoms with van der Waals surface area (Å²) >= 11 is 0. The summed E-state index contributed by atoms with van der Waals surface area (Å²) in [6.45, 7) is 5.08. The van der Waals surface area contributed by atoms with Gasteiger partial charge in [-0.2, -0.15) is 0 Å². The molecular formula is C12H24N2O. The third kappa shape index (κ3) is 3.74. The van der Waals surface area contributed by atoms with Crippen LogP contribution in [0.15, 0.2) is 0 Å². The number of rotatable bonds is 6. The quantitative estimate of drug-likeness (QED) is 0.684. The summed E-state index contributed by atoms with van der Waals surface area (Å²) in [5.41, 5.74) is 0. The molecule has 0 bridgehead atoms. The van der Waals surface area contributed by atoms with Crippen molar-refractivity contribution in [1.29, 1.82) is 0 Å². The molecule has 1 saturated heterocycles. The van der Waals surface area contributed by atoms with Crippen LogP contribution >= 0.6 is 0 Å². The summed E-state index contributed by atoms with van der Waals surface area (Å²) in [6.07, 6.45) is 6.42. The Balaban J connectivity index is 1.72. The summed E-state index contributed by atoms with van der Waals surface area (Å²) < 4.78 is 0. The lowest BCUT2D eigenvalue weighted by Gasteiger charge is -2.30. The smallest absolute Gasteiger partial charge is 0.0443 e. The minimum Gasteiger partial charge on any atom is -0.396 e. The molecule has 0 amide bonds. The number of aliphatic hydroxyl groups is 1. The van der Waals surface area contributed by atoms with Crippen LogP contribution in [-0.4, -0.2) is 48.8 Å². The standard InChI is InChI=1S/C12H24N2O/c15-8-2-7-14(12-4-5-12)10-11-3-1-6-13-9-11/h11-13,15H,1-10H2. The van der Waals surface area contributed by atoms with E-state index in [1.54, 1.807) is 0 Å². The van der Waals surface area contributed by atoms with Crippen molar-refractivity contribution >= 4 is 0 Å². The van der Waals surface area contributed by atoms with Gasteiger partial charge in [0.1, 0.15) is 0 Å². The average Bonchev–Trinajstić information content (AvgIpc) is 3.09. The van der Waals surface area contributed by atoms with Crippen LogP contribution in [0.2, 0.25) is 0 Å². The highest BCUT2D eigenvalue weighted by Crippen LogP contribution is 2.28. The zero-order valence-electron chi connectivity index (χ0n) is 9.62. The fourth-order valence-electron chi connectivity index (χ4n) is 2.55. The normalized spacial score (nSPS) is 27.2. The fraction of sp³-hybridized carbons (Fsp3) is 1.00. The molecule has 2 aliphatic rings. The van der Waals surface area contributed by atoms with Gasteiger partial charge in [0.25, 0.3) is 0 Å². The lowest BCUT2D eigenvalue weighted by Crippen LogP contribution is -2.39. The number of nitrogens with zero attached hydrogens (tertiary/aromatic N) is 1.